The van der Waals surface area contributed by atoms with Gasteiger partial charge in [0.15, 0.2) is 0 Å². The van der Waals surface area contributed by atoms with Gasteiger partial charge >= 0.3 is 22.3 Å². The molecule has 0 spiro atoms. The molecule has 2 heterocycles. The number of aromatic nitrogens is 2. The predicted octanol–water partition coefficient (Wildman–Crippen LogP) is 6.92. The van der Waals surface area contributed by atoms with Crippen LogP contribution in [0.1, 0.15) is 71.9 Å². The Hall–Kier alpha value is -4.98. The lowest BCUT2D eigenvalue weighted by molar-refractivity contribution is 0.0552. The van der Waals surface area contributed by atoms with E-state index in [1.54, 1.807) is 82.8 Å². The molecule has 1 aromatic heterocycles. The fourth-order valence-corrected chi connectivity index (χ4v) is 5.91. The van der Waals surface area contributed by atoms with Gasteiger partial charge < -0.3 is 23.1 Å². The van der Waals surface area contributed by atoms with Crippen LogP contribution in [-0.4, -0.2) is 59.4 Å². The second-order valence-corrected chi connectivity index (χ2v) is 15.0. The summed E-state index contributed by atoms with van der Waals surface area (Å²) >= 11 is 0. The molecule has 0 unspecified atom stereocenters. The van der Waals surface area contributed by atoms with Gasteiger partial charge in [-0.05, 0) is 102 Å². The minimum Gasteiger partial charge on any atom is -0.444 e. The first-order valence-electron chi connectivity index (χ1n) is 15.4. The summed E-state index contributed by atoms with van der Waals surface area (Å²) in [7, 11) is -4.00. The molecule has 0 bridgehead atoms. The van der Waals surface area contributed by atoms with Crippen molar-refractivity contribution in [1.82, 2.24) is 20.4 Å². The Morgan fingerprint density at radius 2 is 1.60 bits per heavy atom. The summed E-state index contributed by atoms with van der Waals surface area (Å²) in [6.07, 6.45) is -0.357. The number of nitrogens with zero attached hydrogens (tertiary/aromatic N) is 4. The third-order valence-corrected chi connectivity index (χ3v) is 8.30. The van der Waals surface area contributed by atoms with Gasteiger partial charge in [0, 0.05) is 12.1 Å². The zero-order valence-electron chi connectivity index (χ0n) is 27.9. The Kier molecular flexibility index (Phi) is 9.49. The molecule has 0 radical (unpaired) electrons. The number of hydrogen-bond donors (Lipinski definition) is 1. The number of aliphatic imine (C=N–C) groups is 1. The van der Waals surface area contributed by atoms with Gasteiger partial charge in [-0.2, -0.15) is 13.4 Å². The summed E-state index contributed by atoms with van der Waals surface area (Å²) in [5.41, 5.74) is 0.0339. The second kappa shape index (κ2) is 13.3. The number of carbonyl (C=O) groups excluding carboxylic acids is 2. The van der Waals surface area contributed by atoms with E-state index in [0.717, 1.165) is 16.3 Å². The molecule has 1 fully saturated rings. The number of ether oxygens (including phenoxy) is 2. The van der Waals surface area contributed by atoms with Gasteiger partial charge in [-0.15, -0.1) is 4.99 Å². The summed E-state index contributed by atoms with van der Waals surface area (Å²) < 4.78 is 47.4. The first-order chi connectivity index (χ1) is 22.5. The molecule has 1 atom stereocenters. The highest BCUT2D eigenvalue weighted by Gasteiger charge is 2.35. The fourth-order valence-electron chi connectivity index (χ4n) is 4.99. The van der Waals surface area contributed by atoms with Crippen molar-refractivity contribution in [2.24, 2.45) is 4.99 Å². The van der Waals surface area contributed by atoms with Crippen molar-refractivity contribution < 1.29 is 36.2 Å². The van der Waals surface area contributed by atoms with Crippen LogP contribution in [0.2, 0.25) is 0 Å². The molecule has 0 aliphatic carbocycles. The Labute approximate surface area is 279 Å². The normalized spacial score (nSPS) is 15.8. The number of guanidine groups is 1. The lowest BCUT2D eigenvalue weighted by atomic mass is 10.1. The molecule has 0 saturated carbocycles. The summed E-state index contributed by atoms with van der Waals surface area (Å²) in [5.74, 6) is 0.735. The van der Waals surface area contributed by atoms with Crippen LogP contribution in [-0.2, 0) is 19.6 Å². The molecule has 1 N–H and O–H groups in total. The van der Waals surface area contributed by atoms with Crippen molar-refractivity contribution in [3.8, 4) is 17.1 Å². The highest BCUT2D eigenvalue weighted by atomic mass is 32.2. The SMILES string of the molecule is Cc1ccc(S(=O)(=O)Oc2ccc3cc(-c4noc([C@@H]5CCCN5/C(=N/C(=O)OC(C)(C)C)NC(=O)OC(C)(C)C)n4)ccc3c2)cc1. The van der Waals surface area contributed by atoms with Crippen LogP contribution in [0.15, 0.2) is 75.1 Å². The van der Waals surface area contributed by atoms with E-state index in [4.69, 9.17) is 18.2 Å². The van der Waals surface area contributed by atoms with Gasteiger partial charge in [-0.25, -0.2) is 9.59 Å². The third-order valence-electron chi connectivity index (χ3n) is 7.04. The summed E-state index contributed by atoms with van der Waals surface area (Å²) in [6, 6.07) is 16.4. The molecule has 254 valence electrons. The number of aryl methyl sites for hydroxylation is 1. The highest BCUT2D eigenvalue weighted by molar-refractivity contribution is 7.87. The molecule has 1 aliphatic rings. The summed E-state index contributed by atoms with van der Waals surface area (Å²) in [5, 5.41) is 8.34. The first-order valence-corrected chi connectivity index (χ1v) is 16.8. The molecular formula is C34H39N5O8S. The van der Waals surface area contributed by atoms with E-state index in [9.17, 15) is 18.0 Å². The highest BCUT2D eigenvalue weighted by Crippen LogP contribution is 2.33. The van der Waals surface area contributed by atoms with E-state index in [2.05, 4.69) is 20.4 Å². The van der Waals surface area contributed by atoms with Gasteiger partial charge in [0.1, 0.15) is 27.9 Å². The number of fused-ring (bicyclic) bond motifs is 1. The molecule has 3 aromatic carbocycles. The average molecular weight is 678 g/mol. The van der Waals surface area contributed by atoms with Crippen molar-refractivity contribution in [2.45, 2.75) is 83.4 Å². The number of rotatable bonds is 5. The lowest BCUT2D eigenvalue weighted by Gasteiger charge is -2.27. The Morgan fingerprint density at radius 1 is 0.938 bits per heavy atom. The second-order valence-electron chi connectivity index (χ2n) is 13.4. The van der Waals surface area contributed by atoms with E-state index < -0.39 is 39.5 Å². The molecule has 14 heteroatoms. The monoisotopic (exact) mass is 677 g/mol. The number of alkyl carbamates (subject to hydrolysis) is 1. The smallest absolute Gasteiger partial charge is 0.437 e. The maximum absolute atomic E-state index is 12.8. The molecule has 13 nitrogen and oxygen atoms in total. The molecule has 5 rings (SSSR count). The van der Waals surface area contributed by atoms with Crippen molar-refractivity contribution in [3.63, 3.8) is 0 Å². The van der Waals surface area contributed by atoms with Crippen LogP contribution >= 0.6 is 0 Å². The minimum absolute atomic E-state index is 0.0473. The maximum atomic E-state index is 12.8. The average Bonchev–Trinajstić information content (AvgIpc) is 3.65. The first kappa shape index (κ1) is 34.4. The van der Waals surface area contributed by atoms with Crippen molar-refractivity contribution in [2.75, 3.05) is 6.54 Å². The van der Waals surface area contributed by atoms with E-state index in [1.807, 2.05) is 19.1 Å². The van der Waals surface area contributed by atoms with E-state index in [0.29, 0.717) is 30.8 Å². The maximum Gasteiger partial charge on any atom is 0.437 e. The fraction of sp³-hybridized carbons (Fsp3) is 0.382. The van der Waals surface area contributed by atoms with Crippen LogP contribution in [0.25, 0.3) is 22.2 Å². The lowest BCUT2D eigenvalue weighted by Crippen LogP contribution is -2.46. The topological polar surface area (TPSA) is 163 Å². The zero-order chi connectivity index (χ0) is 34.9. The zero-order valence-corrected chi connectivity index (χ0v) is 28.8. The van der Waals surface area contributed by atoms with E-state index in [1.165, 1.54) is 12.1 Å². The quantitative estimate of drug-likeness (QED) is 0.133. The Balaban J connectivity index is 1.36. The number of amides is 2. The summed E-state index contributed by atoms with van der Waals surface area (Å²) in [6.45, 7) is 12.7. The van der Waals surface area contributed by atoms with Crippen molar-refractivity contribution in [1.29, 1.82) is 0 Å². The van der Waals surface area contributed by atoms with E-state index >= 15 is 0 Å². The van der Waals surface area contributed by atoms with Gasteiger partial charge in [-0.3, -0.25) is 5.32 Å². The van der Waals surface area contributed by atoms with Crippen LogP contribution < -0.4 is 9.50 Å². The number of carbonyl (C=O) groups is 2. The van der Waals surface area contributed by atoms with Gasteiger partial charge in [-0.1, -0.05) is 41.1 Å². The van der Waals surface area contributed by atoms with Gasteiger partial charge in [0.2, 0.25) is 17.7 Å². The number of nitrogens with one attached hydrogen (secondary N) is 1. The predicted molar refractivity (Wildman–Crippen MR) is 178 cm³/mol. The number of hydrogen-bond acceptors (Lipinski definition) is 10. The molecule has 48 heavy (non-hydrogen) atoms. The molecule has 2 amide bonds. The van der Waals surface area contributed by atoms with Crippen LogP contribution in [0.5, 0.6) is 5.75 Å². The van der Waals surface area contributed by atoms with Crippen LogP contribution in [0, 0.1) is 6.92 Å². The molecular weight excluding hydrogens is 638 g/mol. The third kappa shape index (κ3) is 8.68. The number of likely N-dealkylation sites (tertiary alicyclic amines) is 1. The molecule has 1 saturated heterocycles. The standard InChI is InChI=1S/C34H39N5O8S/c1-21-10-16-26(17-11-21)48(42,43)47-25-15-14-22-19-24(13-12-23(22)20-25)28-35-29(46-38-28)27-9-8-18-39(27)30(36-31(40)44-33(2,3)4)37-32(41)45-34(5,6)7/h10-17,19-20,27H,8-9,18H2,1-7H3,(H,36,37,40,41)/t27-/m0/s1. The van der Waals surface area contributed by atoms with Gasteiger partial charge in [0.25, 0.3) is 0 Å². The molecule has 1 aliphatic heterocycles. The summed E-state index contributed by atoms with van der Waals surface area (Å²) in [4.78, 5) is 35.9. The Morgan fingerprint density at radius 3 is 2.29 bits per heavy atom. The van der Waals surface area contributed by atoms with Crippen molar-refractivity contribution in [3.05, 3.63) is 72.1 Å². The minimum atomic E-state index is -4.00. The number of benzene rings is 3. The van der Waals surface area contributed by atoms with Gasteiger partial charge in [0.05, 0.1) is 0 Å². The van der Waals surface area contributed by atoms with Crippen LogP contribution in [0.4, 0.5) is 9.59 Å². The Bertz CT molecular complexity index is 1960. The molecule has 4 aromatic rings. The largest absolute Gasteiger partial charge is 0.444 e. The van der Waals surface area contributed by atoms with E-state index in [-0.39, 0.29) is 22.5 Å². The van der Waals surface area contributed by atoms with Crippen molar-refractivity contribution >= 4 is 39.0 Å². The van der Waals surface area contributed by atoms with Crippen LogP contribution in [0.3, 0.4) is 0 Å².